The fourth-order valence-corrected chi connectivity index (χ4v) is 4.19. The van der Waals surface area contributed by atoms with Crippen molar-refractivity contribution in [2.75, 3.05) is 30.6 Å². The van der Waals surface area contributed by atoms with Crippen molar-refractivity contribution >= 4 is 33.5 Å². The van der Waals surface area contributed by atoms with E-state index in [0.717, 1.165) is 19.1 Å². The third-order valence-electron chi connectivity index (χ3n) is 5.25. The second-order valence-electron chi connectivity index (χ2n) is 8.02. The van der Waals surface area contributed by atoms with Crippen LogP contribution in [0, 0.1) is 5.92 Å². The first-order valence-corrected chi connectivity index (χ1v) is 12.4. The van der Waals surface area contributed by atoms with Gasteiger partial charge in [-0.15, -0.1) is 0 Å². The number of rotatable bonds is 7. The number of benzene rings is 2. The normalized spacial score (nSPS) is 14.4. The van der Waals surface area contributed by atoms with E-state index in [1.165, 1.54) is 19.1 Å². The fourth-order valence-electron chi connectivity index (χ4n) is 3.62. The van der Waals surface area contributed by atoms with E-state index in [0.29, 0.717) is 42.2 Å². The van der Waals surface area contributed by atoms with E-state index in [1.807, 2.05) is 0 Å². The summed E-state index contributed by atoms with van der Waals surface area (Å²) in [5.41, 5.74) is 1.30. The number of likely N-dealkylation sites (tertiary alicyclic amines) is 1. The summed E-state index contributed by atoms with van der Waals surface area (Å²) in [5, 5.41) is 2.91. The number of ether oxygens (including phenoxy) is 1. The van der Waals surface area contributed by atoms with Crippen molar-refractivity contribution in [2.45, 2.75) is 19.8 Å². The second kappa shape index (κ2) is 10.5. The van der Waals surface area contributed by atoms with Crippen molar-refractivity contribution in [2.24, 2.45) is 5.92 Å². The molecule has 176 valence electrons. The van der Waals surface area contributed by atoms with Crippen LogP contribution in [0.4, 0.5) is 5.69 Å². The number of nitrogens with one attached hydrogen (secondary N) is 2. The predicted octanol–water partition coefficient (Wildman–Crippen LogP) is 2.27. The monoisotopic (exact) mass is 473 g/mol. The highest BCUT2D eigenvalue weighted by Gasteiger charge is 2.24. The lowest BCUT2D eigenvalue weighted by atomic mass is 9.96. The lowest BCUT2D eigenvalue weighted by Crippen LogP contribution is -2.41. The molecule has 2 aromatic carbocycles. The first-order chi connectivity index (χ1) is 15.6. The topological polar surface area (TPSA) is 122 Å². The van der Waals surface area contributed by atoms with Gasteiger partial charge in [0.05, 0.1) is 6.26 Å². The SMILES string of the molecule is CC(=O)Oc1cccc(C(=O)N2CCC(CNC(=O)c3ccc(NS(C)(=O)=O)cc3)CC2)c1. The van der Waals surface area contributed by atoms with E-state index in [1.54, 1.807) is 41.3 Å². The maximum atomic E-state index is 12.8. The Labute approximate surface area is 193 Å². The number of nitrogens with zero attached hydrogens (tertiary/aromatic N) is 1. The van der Waals surface area contributed by atoms with Gasteiger partial charge in [0.15, 0.2) is 0 Å². The molecule has 2 N–H and O–H groups in total. The van der Waals surface area contributed by atoms with Crippen molar-refractivity contribution in [3.05, 3.63) is 59.7 Å². The van der Waals surface area contributed by atoms with Gasteiger partial charge in [0.25, 0.3) is 11.8 Å². The maximum Gasteiger partial charge on any atom is 0.308 e. The van der Waals surface area contributed by atoms with Crippen LogP contribution in [0.1, 0.15) is 40.5 Å². The molecule has 0 aliphatic carbocycles. The van der Waals surface area contributed by atoms with Gasteiger partial charge in [-0.3, -0.25) is 19.1 Å². The minimum Gasteiger partial charge on any atom is -0.427 e. The molecule has 2 amide bonds. The molecule has 10 heteroatoms. The second-order valence-corrected chi connectivity index (χ2v) is 9.77. The molecule has 33 heavy (non-hydrogen) atoms. The van der Waals surface area contributed by atoms with Crippen LogP contribution in [0.15, 0.2) is 48.5 Å². The smallest absolute Gasteiger partial charge is 0.308 e. The van der Waals surface area contributed by atoms with E-state index >= 15 is 0 Å². The summed E-state index contributed by atoms with van der Waals surface area (Å²) in [6.45, 7) is 2.95. The molecule has 1 heterocycles. The minimum absolute atomic E-state index is 0.116. The Bertz CT molecular complexity index is 1120. The average Bonchev–Trinajstić information content (AvgIpc) is 2.76. The Morgan fingerprint density at radius 1 is 1.03 bits per heavy atom. The number of hydrogen-bond acceptors (Lipinski definition) is 6. The van der Waals surface area contributed by atoms with Crippen LogP contribution in [0.2, 0.25) is 0 Å². The molecule has 0 aromatic heterocycles. The Balaban J connectivity index is 1.47. The first kappa shape index (κ1) is 24.2. The summed E-state index contributed by atoms with van der Waals surface area (Å²) in [5.74, 6) is -0.206. The maximum absolute atomic E-state index is 12.8. The number of amides is 2. The van der Waals surface area contributed by atoms with Crippen molar-refractivity contribution in [1.29, 1.82) is 0 Å². The number of piperidine rings is 1. The van der Waals surface area contributed by atoms with E-state index in [2.05, 4.69) is 10.0 Å². The molecule has 0 unspecified atom stereocenters. The summed E-state index contributed by atoms with van der Waals surface area (Å²) in [6.07, 6.45) is 2.58. The molecular formula is C23H27N3O6S. The standard InChI is InChI=1S/C23H27N3O6S/c1-16(27)32-21-5-3-4-19(14-21)23(29)26-12-10-17(11-13-26)15-24-22(28)18-6-8-20(9-7-18)25-33(2,30)31/h3-9,14,17,25H,10-13,15H2,1-2H3,(H,24,28). The van der Waals surface area contributed by atoms with Crippen molar-refractivity contribution in [3.63, 3.8) is 0 Å². The number of sulfonamides is 1. The molecule has 1 fully saturated rings. The summed E-state index contributed by atoms with van der Waals surface area (Å²) >= 11 is 0. The van der Waals surface area contributed by atoms with Crippen molar-refractivity contribution < 1.29 is 27.5 Å². The van der Waals surface area contributed by atoms with E-state index in [9.17, 15) is 22.8 Å². The predicted molar refractivity (Wildman–Crippen MR) is 124 cm³/mol. The molecule has 0 radical (unpaired) electrons. The third kappa shape index (κ3) is 7.31. The van der Waals surface area contributed by atoms with Crippen LogP contribution >= 0.6 is 0 Å². The van der Waals surface area contributed by atoms with Gasteiger partial charge in [-0.2, -0.15) is 0 Å². The van der Waals surface area contributed by atoms with E-state index in [-0.39, 0.29) is 17.7 Å². The summed E-state index contributed by atoms with van der Waals surface area (Å²) in [4.78, 5) is 38.1. The highest BCUT2D eigenvalue weighted by molar-refractivity contribution is 7.92. The van der Waals surface area contributed by atoms with Crippen LogP contribution in [0.5, 0.6) is 5.75 Å². The molecule has 0 saturated carbocycles. The molecule has 1 aliphatic rings. The molecule has 2 aromatic rings. The van der Waals surface area contributed by atoms with E-state index < -0.39 is 16.0 Å². The fraction of sp³-hybridized carbons (Fsp3) is 0.348. The summed E-state index contributed by atoms with van der Waals surface area (Å²) in [6, 6.07) is 12.8. The molecule has 0 atom stereocenters. The van der Waals surface area contributed by atoms with Gasteiger partial charge >= 0.3 is 5.97 Å². The number of hydrogen-bond donors (Lipinski definition) is 2. The van der Waals surface area contributed by atoms with Crippen LogP contribution in [0.25, 0.3) is 0 Å². The first-order valence-electron chi connectivity index (χ1n) is 10.5. The molecule has 1 aliphatic heterocycles. The third-order valence-corrected chi connectivity index (χ3v) is 5.85. The van der Waals surface area contributed by atoms with Gasteiger partial charge in [0.1, 0.15) is 5.75 Å². The zero-order chi connectivity index (χ0) is 24.0. The average molecular weight is 474 g/mol. The van der Waals surface area contributed by atoms with Gasteiger partial charge in [0, 0.05) is 43.4 Å². The van der Waals surface area contributed by atoms with Crippen LogP contribution < -0.4 is 14.8 Å². The lowest BCUT2D eigenvalue weighted by Gasteiger charge is -2.32. The summed E-state index contributed by atoms with van der Waals surface area (Å²) in [7, 11) is -3.37. The van der Waals surface area contributed by atoms with Crippen LogP contribution in [-0.4, -0.2) is 57.0 Å². The van der Waals surface area contributed by atoms with Crippen molar-refractivity contribution in [1.82, 2.24) is 10.2 Å². The highest BCUT2D eigenvalue weighted by Crippen LogP contribution is 2.21. The summed E-state index contributed by atoms with van der Waals surface area (Å²) < 4.78 is 29.9. The van der Waals surface area contributed by atoms with Gasteiger partial charge in [0.2, 0.25) is 10.0 Å². The zero-order valence-electron chi connectivity index (χ0n) is 18.5. The number of carbonyl (C=O) groups is 3. The Hall–Kier alpha value is -3.40. The highest BCUT2D eigenvalue weighted by atomic mass is 32.2. The lowest BCUT2D eigenvalue weighted by molar-refractivity contribution is -0.131. The van der Waals surface area contributed by atoms with Crippen LogP contribution in [-0.2, 0) is 14.8 Å². The number of anilines is 1. The molecule has 0 bridgehead atoms. The number of carbonyl (C=O) groups excluding carboxylic acids is 3. The van der Waals surface area contributed by atoms with Gasteiger partial charge in [-0.25, -0.2) is 8.42 Å². The van der Waals surface area contributed by atoms with Crippen LogP contribution in [0.3, 0.4) is 0 Å². The minimum atomic E-state index is -3.37. The van der Waals surface area contributed by atoms with Crippen molar-refractivity contribution in [3.8, 4) is 5.75 Å². The van der Waals surface area contributed by atoms with Gasteiger partial charge < -0.3 is 15.0 Å². The van der Waals surface area contributed by atoms with Gasteiger partial charge in [-0.05, 0) is 61.2 Å². The largest absolute Gasteiger partial charge is 0.427 e. The molecule has 0 spiro atoms. The Kier molecular flexibility index (Phi) is 7.70. The van der Waals surface area contributed by atoms with E-state index in [4.69, 9.17) is 4.74 Å². The Morgan fingerprint density at radius 3 is 2.30 bits per heavy atom. The molecule has 1 saturated heterocycles. The molecule has 3 rings (SSSR count). The van der Waals surface area contributed by atoms with Gasteiger partial charge in [-0.1, -0.05) is 6.07 Å². The zero-order valence-corrected chi connectivity index (χ0v) is 19.4. The Morgan fingerprint density at radius 2 is 1.70 bits per heavy atom. The molecular weight excluding hydrogens is 446 g/mol. The molecule has 9 nitrogen and oxygen atoms in total. The quantitative estimate of drug-likeness (QED) is 0.470. The number of esters is 1.